The quantitative estimate of drug-likeness (QED) is 0.462. The van der Waals surface area contributed by atoms with Gasteiger partial charge in [0.1, 0.15) is 11.9 Å². The summed E-state index contributed by atoms with van der Waals surface area (Å²) in [4.78, 5) is 41.6. The molecule has 4 amide bonds. The van der Waals surface area contributed by atoms with Crippen molar-refractivity contribution in [2.75, 3.05) is 37.4 Å². The SMILES string of the molecule is C[C@H]1CN([C@@H](C)CO)C(=O)c2cc(NC(=O)C3CC3)ccc2O[C@@H]1CN(C)C(=O)Nc1ccc(C(F)(F)F)cc1. The summed E-state index contributed by atoms with van der Waals surface area (Å²) in [5, 5.41) is 15.2. The van der Waals surface area contributed by atoms with Gasteiger partial charge in [0, 0.05) is 36.8 Å². The summed E-state index contributed by atoms with van der Waals surface area (Å²) < 4.78 is 44.8. The molecule has 1 fully saturated rings. The second kappa shape index (κ2) is 11.7. The molecule has 216 valence electrons. The molecule has 1 saturated carbocycles. The summed E-state index contributed by atoms with van der Waals surface area (Å²) in [5.41, 5.74) is 0.0712. The number of hydrogen-bond acceptors (Lipinski definition) is 5. The number of nitrogens with zero attached hydrogens (tertiary/aromatic N) is 2. The van der Waals surface area contributed by atoms with Crippen molar-refractivity contribution in [3.8, 4) is 5.75 Å². The molecule has 2 aromatic carbocycles. The van der Waals surface area contributed by atoms with Crippen LogP contribution in [-0.4, -0.2) is 71.6 Å². The Labute approximate surface area is 230 Å². The third kappa shape index (κ3) is 6.85. The lowest BCUT2D eigenvalue weighted by Gasteiger charge is -2.38. The van der Waals surface area contributed by atoms with E-state index in [4.69, 9.17) is 4.74 Å². The molecule has 3 atom stereocenters. The molecular formula is C28H33F3N4O5. The molecule has 0 spiro atoms. The van der Waals surface area contributed by atoms with Crippen LogP contribution in [0.1, 0.15) is 42.6 Å². The third-order valence-corrected chi connectivity index (χ3v) is 7.14. The van der Waals surface area contributed by atoms with E-state index in [2.05, 4.69) is 10.6 Å². The van der Waals surface area contributed by atoms with Gasteiger partial charge in [-0.2, -0.15) is 13.2 Å². The number of amides is 4. The number of carbonyl (C=O) groups excluding carboxylic acids is 3. The number of urea groups is 1. The zero-order valence-corrected chi connectivity index (χ0v) is 22.5. The number of benzene rings is 2. The van der Waals surface area contributed by atoms with Crippen LogP contribution in [0.15, 0.2) is 42.5 Å². The molecule has 3 N–H and O–H groups in total. The molecule has 12 heteroatoms. The van der Waals surface area contributed by atoms with Gasteiger partial charge in [0.25, 0.3) is 5.91 Å². The van der Waals surface area contributed by atoms with Crippen LogP contribution in [-0.2, 0) is 11.0 Å². The molecule has 9 nitrogen and oxygen atoms in total. The van der Waals surface area contributed by atoms with Crippen LogP contribution >= 0.6 is 0 Å². The van der Waals surface area contributed by atoms with Crippen LogP contribution in [0.5, 0.6) is 5.75 Å². The summed E-state index contributed by atoms with van der Waals surface area (Å²) in [6, 6.07) is 7.91. The van der Waals surface area contributed by atoms with E-state index < -0.39 is 29.9 Å². The molecule has 40 heavy (non-hydrogen) atoms. The summed E-state index contributed by atoms with van der Waals surface area (Å²) in [5.74, 6) is -0.460. The van der Waals surface area contributed by atoms with E-state index in [1.54, 1.807) is 30.0 Å². The summed E-state index contributed by atoms with van der Waals surface area (Å²) in [6.45, 7) is 3.67. The lowest BCUT2D eigenvalue weighted by Crippen LogP contribution is -2.50. The highest BCUT2D eigenvalue weighted by atomic mass is 19.4. The lowest BCUT2D eigenvalue weighted by atomic mass is 9.99. The van der Waals surface area contributed by atoms with Gasteiger partial charge in [0.15, 0.2) is 0 Å². The molecule has 1 aliphatic carbocycles. The first-order chi connectivity index (χ1) is 18.9. The second-order valence-corrected chi connectivity index (χ2v) is 10.5. The molecular weight excluding hydrogens is 529 g/mol. The molecule has 0 aromatic heterocycles. The number of alkyl halides is 3. The van der Waals surface area contributed by atoms with Gasteiger partial charge in [0.05, 0.1) is 30.3 Å². The largest absolute Gasteiger partial charge is 0.487 e. The number of halogens is 3. The van der Waals surface area contributed by atoms with Crippen LogP contribution in [0.2, 0.25) is 0 Å². The topological polar surface area (TPSA) is 111 Å². The predicted molar refractivity (Wildman–Crippen MR) is 142 cm³/mol. The smallest absolute Gasteiger partial charge is 0.416 e. The highest BCUT2D eigenvalue weighted by Gasteiger charge is 2.35. The minimum Gasteiger partial charge on any atom is -0.487 e. The van der Waals surface area contributed by atoms with E-state index in [0.29, 0.717) is 5.69 Å². The Morgan fingerprint density at radius 3 is 2.38 bits per heavy atom. The molecule has 0 bridgehead atoms. The number of anilines is 2. The molecule has 0 saturated heterocycles. The van der Waals surface area contributed by atoms with Crippen molar-refractivity contribution in [1.82, 2.24) is 9.80 Å². The van der Waals surface area contributed by atoms with Crippen LogP contribution in [0, 0.1) is 11.8 Å². The third-order valence-electron chi connectivity index (χ3n) is 7.14. The Morgan fingerprint density at radius 2 is 1.77 bits per heavy atom. The normalized spacial score (nSPS) is 20.0. The van der Waals surface area contributed by atoms with Crippen molar-refractivity contribution >= 4 is 29.2 Å². The Bertz CT molecular complexity index is 1250. The summed E-state index contributed by atoms with van der Waals surface area (Å²) >= 11 is 0. The predicted octanol–water partition coefficient (Wildman–Crippen LogP) is 4.44. The molecule has 2 aromatic rings. The Kier molecular flexibility index (Phi) is 8.57. The monoisotopic (exact) mass is 562 g/mol. The van der Waals surface area contributed by atoms with Crippen molar-refractivity contribution in [2.24, 2.45) is 11.8 Å². The van der Waals surface area contributed by atoms with E-state index in [1.807, 2.05) is 6.92 Å². The van der Waals surface area contributed by atoms with Gasteiger partial charge in [-0.25, -0.2) is 4.79 Å². The highest BCUT2D eigenvalue weighted by molar-refractivity contribution is 6.00. The van der Waals surface area contributed by atoms with E-state index in [9.17, 15) is 32.7 Å². The average Bonchev–Trinajstić information content (AvgIpc) is 3.76. The van der Waals surface area contributed by atoms with Crippen LogP contribution < -0.4 is 15.4 Å². The zero-order chi connectivity index (χ0) is 29.2. The van der Waals surface area contributed by atoms with Crippen molar-refractivity contribution in [3.05, 3.63) is 53.6 Å². The number of nitrogens with one attached hydrogen (secondary N) is 2. The summed E-state index contributed by atoms with van der Waals surface area (Å²) in [7, 11) is 1.53. The molecule has 1 heterocycles. The van der Waals surface area contributed by atoms with Crippen molar-refractivity contribution in [3.63, 3.8) is 0 Å². The van der Waals surface area contributed by atoms with Gasteiger partial charge in [-0.05, 0) is 62.2 Å². The number of aliphatic hydroxyl groups is 1. The fourth-order valence-electron chi connectivity index (χ4n) is 4.42. The first-order valence-electron chi connectivity index (χ1n) is 13.1. The van der Waals surface area contributed by atoms with Gasteiger partial charge in [-0.15, -0.1) is 0 Å². The average molecular weight is 563 g/mol. The van der Waals surface area contributed by atoms with Gasteiger partial charge in [0.2, 0.25) is 5.91 Å². The summed E-state index contributed by atoms with van der Waals surface area (Å²) in [6.07, 6.45) is -3.39. The van der Waals surface area contributed by atoms with E-state index in [0.717, 1.165) is 25.0 Å². The van der Waals surface area contributed by atoms with Gasteiger partial charge in [-0.3, -0.25) is 9.59 Å². The van der Waals surface area contributed by atoms with Gasteiger partial charge >= 0.3 is 12.2 Å². The first-order valence-corrected chi connectivity index (χ1v) is 13.1. The van der Waals surface area contributed by atoms with Gasteiger partial charge in [-0.1, -0.05) is 6.92 Å². The minimum absolute atomic E-state index is 0.0191. The molecule has 0 radical (unpaired) electrons. The molecule has 1 aliphatic heterocycles. The van der Waals surface area contributed by atoms with E-state index in [-0.39, 0.29) is 60.3 Å². The maximum atomic E-state index is 13.5. The Morgan fingerprint density at radius 1 is 1.12 bits per heavy atom. The number of aliphatic hydroxyl groups excluding tert-OH is 1. The molecule has 2 aliphatic rings. The first kappa shape index (κ1) is 29.2. The van der Waals surface area contributed by atoms with Crippen LogP contribution in [0.4, 0.5) is 29.3 Å². The number of fused-ring (bicyclic) bond motifs is 1. The number of rotatable bonds is 7. The van der Waals surface area contributed by atoms with Gasteiger partial charge < -0.3 is 30.3 Å². The highest BCUT2D eigenvalue weighted by Crippen LogP contribution is 2.33. The number of ether oxygens (including phenoxy) is 1. The molecule has 0 unspecified atom stereocenters. The zero-order valence-electron chi connectivity index (χ0n) is 22.5. The number of carbonyl (C=O) groups is 3. The maximum Gasteiger partial charge on any atom is 0.416 e. The van der Waals surface area contributed by atoms with Crippen molar-refractivity contribution < 1.29 is 37.4 Å². The Balaban J connectivity index is 1.52. The fourth-order valence-corrected chi connectivity index (χ4v) is 4.42. The standard InChI is InChI=1S/C28H33F3N4O5/c1-16-13-35(17(2)15-36)26(38)22-12-21(32-25(37)18-4-5-18)10-11-23(22)40-24(16)14-34(3)27(39)33-20-8-6-19(7-9-20)28(29,30)31/h6-12,16-18,24,36H,4-5,13-15H2,1-3H3,(H,32,37)(H,33,39)/t16-,17-,24+/m0/s1. The fraction of sp³-hybridized carbons (Fsp3) is 0.464. The molecule has 4 rings (SSSR count). The van der Waals surface area contributed by atoms with Crippen LogP contribution in [0.25, 0.3) is 0 Å². The number of likely N-dealkylation sites (N-methyl/N-ethyl adjacent to an activating group) is 1. The van der Waals surface area contributed by atoms with Crippen LogP contribution in [0.3, 0.4) is 0 Å². The Hall–Kier alpha value is -3.80. The van der Waals surface area contributed by atoms with E-state index in [1.165, 1.54) is 24.1 Å². The maximum absolute atomic E-state index is 13.5. The second-order valence-electron chi connectivity index (χ2n) is 10.5. The van der Waals surface area contributed by atoms with E-state index >= 15 is 0 Å². The number of hydrogen-bond donors (Lipinski definition) is 3. The van der Waals surface area contributed by atoms with Crippen molar-refractivity contribution in [2.45, 2.75) is 45.0 Å². The van der Waals surface area contributed by atoms with Crippen molar-refractivity contribution in [1.29, 1.82) is 0 Å². The lowest BCUT2D eigenvalue weighted by molar-refractivity contribution is -0.137. The minimum atomic E-state index is -4.48.